The van der Waals surface area contributed by atoms with Crippen LogP contribution in [0.25, 0.3) is 0 Å². The van der Waals surface area contributed by atoms with Gasteiger partial charge in [0.1, 0.15) is 6.04 Å². The van der Waals surface area contributed by atoms with E-state index in [1.807, 2.05) is 0 Å². The number of halogens is 1. The van der Waals surface area contributed by atoms with E-state index in [1.165, 1.54) is 0 Å². The van der Waals surface area contributed by atoms with Crippen molar-refractivity contribution in [2.45, 2.75) is 19.4 Å². The lowest BCUT2D eigenvalue weighted by Gasteiger charge is -1.97. The second-order valence-electron chi connectivity index (χ2n) is 1.35. The molecule has 0 aromatic rings. The van der Waals surface area contributed by atoms with Crippen LogP contribution in [0.1, 0.15) is 13.3 Å². The van der Waals surface area contributed by atoms with Crippen LogP contribution in [-0.4, -0.2) is 17.1 Å². The van der Waals surface area contributed by atoms with Crippen molar-refractivity contribution in [2.75, 3.05) is 0 Å². The van der Waals surface area contributed by atoms with Crippen molar-refractivity contribution in [1.82, 2.24) is 0 Å². The molecule has 0 aromatic carbocycles. The molecule has 0 saturated carbocycles. The van der Waals surface area contributed by atoms with Gasteiger partial charge < -0.3 is 10.8 Å². The minimum absolute atomic E-state index is 0. The Hall–Kier alpha value is -0.280. The van der Waals surface area contributed by atoms with E-state index in [1.54, 1.807) is 6.92 Å². The molecule has 50 valence electrons. The normalized spacial score (nSPS) is 11.8. The van der Waals surface area contributed by atoms with Crippen molar-refractivity contribution in [1.29, 1.82) is 0 Å². The van der Waals surface area contributed by atoms with E-state index in [0.717, 1.165) is 0 Å². The molecule has 4 heteroatoms. The van der Waals surface area contributed by atoms with Crippen molar-refractivity contribution in [3.05, 3.63) is 0 Å². The molecule has 3 nitrogen and oxygen atoms in total. The molecule has 0 bridgehead atoms. The molecule has 0 aromatic heterocycles. The number of hydrogen-bond donors (Lipinski definition) is 2. The maximum Gasteiger partial charge on any atom is 0.320 e. The van der Waals surface area contributed by atoms with Crippen LogP contribution in [0.4, 0.5) is 0 Å². The highest BCUT2D eigenvalue weighted by atomic mass is 35.5. The zero-order valence-electron chi connectivity index (χ0n) is 4.63. The Bertz CT molecular complexity index is 76.4. The van der Waals surface area contributed by atoms with Gasteiger partial charge in [0.25, 0.3) is 0 Å². The van der Waals surface area contributed by atoms with Crippen molar-refractivity contribution in [3.63, 3.8) is 0 Å². The van der Waals surface area contributed by atoms with E-state index in [9.17, 15) is 4.79 Å². The van der Waals surface area contributed by atoms with Gasteiger partial charge in [0.05, 0.1) is 0 Å². The first-order valence-corrected chi connectivity index (χ1v) is 2.17. The van der Waals surface area contributed by atoms with E-state index in [0.29, 0.717) is 6.42 Å². The summed E-state index contributed by atoms with van der Waals surface area (Å²) in [6.45, 7) is 1.73. The van der Waals surface area contributed by atoms with Crippen molar-refractivity contribution in [3.8, 4) is 0 Å². The van der Waals surface area contributed by atoms with Gasteiger partial charge in [-0.25, -0.2) is 0 Å². The topological polar surface area (TPSA) is 63.3 Å². The zero-order chi connectivity index (χ0) is 5.86. The summed E-state index contributed by atoms with van der Waals surface area (Å²) in [5.41, 5.74) is 5.02. The SMILES string of the molecule is CC[C@@H](N)C(=O)O.Cl. The maximum absolute atomic E-state index is 9.81. The molecule has 0 fully saturated rings. The maximum atomic E-state index is 9.81. The van der Waals surface area contributed by atoms with Crippen LogP contribution < -0.4 is 5.73 Å². The number of aliphatic carboxylic acids is 1. The smallest absolute Gasteiger partial charge is 0.320 e. The van der Waals surface area contributed by atoms with Crippen LogP contribution in [0.2, 0.25) is 0 Å². The lowest BCUT2D eigenvalue weighted by molar-refractivity contribution is -0.138. The summed E-state index contributed by atoms with van der Waals surface area (Å²) in [4.78, 5) is 9.81. The summed E-state index contributed by atoms with van der Waals surface area (Å²) in [5, 5.41) is 8.06. The standard InChI is InChI=1S/C4H9NO2.ClH/c1-2-3(5)4(6)7;/h3H,2,5H2,1H3,(H,6,7);1H/t3-;/m1./s1. The lowest BCUT2D eigenvalue weighted by atomic mass is 10.2. The molecule has 0 amide bonds. The largest absolute Gasteiger partial charge is 0.480 e. The van der Waals surface area contributed by atoms with Gasteiger partial charge in [-0.15, -0.1) is 12.4 Å². The Kier molecular flexibility index (Phi) is 6.48. The van der Waals surface area contributed by atoms with E-state index in [-0.39, 0.29) is 12.4 Å². The van der Waals surface area contributed by atoms with Crippen LogP contribution >= 0.6 is 12.4 Å². The predicted molar refractivity (Wildman–Crippen MR) is 33.2 cm³/mol. The number of nitrogens with two attached hydrogens (primary N) is 1. The summed E-state index contributed by atoms with van der Waals surface area (Å²) >= 11 is 0. The molecule has 0 radical (unpaired) electrons. The van der Waals surface area contributed by atoms with E-state index in [4.69, 9.17) is 10.8 Å². The summed E-state index contributed by atoms with van der Waals surface area (Å²) < 4.78 is 0. The van der Waals surface area contributed by atoms with Crippen LogP contribution in [0, 0.1) is 0 Å². The third-order valence-corrected chi connectivity index (χ3v) is 0.757. The predicted octanol–water partition coefficient (Wildman–Crippen LogP) is 0.230. The van der Waals surface area contributed by atoms with Crippen LogP contribution in [-0.2, 0) is 4.79 Å². The van der Waals surface area contributed by atoms with Gasteiger partial charge in [0.15, 0.2) is 0 Å². The fraction of sp³-hybridized carbons (Fsp3) is 0.750. The molecule has 0 aliphatic rings. The average molecular weight is 140 g/mol. The Labute approximate surface area is 54.3 Å². The molecular formula is C4H10ClNO2. The summed E-state index contributed by atoms with van der Waals surface area (Å²) in [6, 6.07) is -0.681. The first-order chi connectivity index (χ1) is 3.18. The molecule has 8 heavy (non-hydrogen) atoms. The fourth-order valence-corrected chi connectivity index (χ4v) is 0.175. The minimum atomic E-state index is -0.928. The van der Waals surface area contributed by atoms with Crippen LogP contribution in [0.5, 0.6) is 0 Å². The highest BCUT2D eigenvalue weighted by molar-refractivity contribution is 5.85. The average Bonchev–Trinajstić information content (AvgIpc) is 1.65. The number of hydrogen-bond acceptors (Lipinski definition) is 2. The van der Waals surface area contributed by atoms with Crippen LogP contribution in [0.3, 0.4) is 0 Å². The number of rotatable bonds is 2. The quantitative estimate of drug-likeness (QED) is 0.576. The number of carboxylic acid groups (broad SMARTS) is 1. The Morgan fingerprint density at radius 2 is 2.25 bits per heavy atom. The van der Waals surface area contributed by atoms with Crippen molar-refractivity contribution >= 4 is 18.4 Å². The Morgan fingerprint density at radius 3 is 2.25 bits per heavy atom. The summed E-state index contributed by atoms with van der Waals surface area (Å²) in [5.74, 6) is -0.928. The third-order valence-electron chi connectivity index (χ3n) is 0.757. The first-order valence-electron chi connectivity index (χ1n) is 2.17. The Balaban J connectivity index is 0. The summed E-state index contributed by atoms with van der Waals surface area (Å²) in [7, 11) is 0. The molecule has 0 rings (SSSR count). The van der Waals surface area contributed by atoms with Gasteiger partial charge in [-0.1, -0.05) is 6.92 Å². The van der Waals surface area contributed by atoms with Crippen LogP contribution in [0.15, 0.2) is 0 Å². The number of carbonyl (C=O) groups is 1. The van der Waals surface area contributed by atoms with Gasteiger partial charge in [-0.05, 0) is 6.42 Å². The van der Waals surface area contributed by atoms with Crippen molar-refractivity contribution < 1.29 is 9.90 Å². The second kappa shape index (κ2) is 4.87. The molecule has 0 spiro atoms. The molecule has 0 unspecified atom stereocenters. The summed E-state index contributed by atoms with van der Waals surface area (Å²) in [6.07, 6.45) is 0.495. The molecule has 0 saturated heterocycles. The van der Waals surface area contributed by atoms with Gasteiger partial charge in [0, 0.05) is 0 Å². The molecular weight excluding hydrogens is 130 g/mol. The fourth-order valence-electron chi connectivity index (χ4n) is 0.175. The van der Waals surface area contributed by atoms with Gasteiger partial charge in [-0.3, -0.25) is 4.79 Å². The Morgan fingerprint density at radius 1 is 1.88 bits per heavy atom. The first kappa shape index (κ1) is 10.7. The van der Waals surface area contributed by atoms with E-state index >= 15 is 0 Å². The van der Waals surface area contributed by atoms with Gasteiger partial charge >= 0.3 is 5.97 Å². The zero-order valence-corrected chi connectivity index (χ0v) is 5.44. The van der Waals surface area contributed by atoms with Gasteiger partial charge in [0.2, 0.25) is 0 Å². The highest BCUT2D eigenvalue weighted by Gasteiger charge is 2.05. The molecule has 0 heterocycles. The van der Waals surface area contributed by atoms with Gasteiger partial charge in [-0.2, -0.15) is 0 Å². The minimum Gasteiger partial charge on any atom is -0.480 e. The lowest BCUT2D eigenvalue weighted by Crippen LogP contribution is -2.28. The highest BCUT2D eigenvalue weighted by Crippen LogP contribution is 1.82. The van der Waals surface area contributed by atoms with E-state index < -0.39 is 12.0 Å². The molecule has 1 atom stereocenters. The molecule has 0 aliphatic carbocycles. The van der Waals surface area contributed by atoms with E-state index in [2.05, 4.69) is 0 Å². The third kappa shape index (κ3) is 3.89. The number of carboxylic acids is 1. The second-order valence-corrected chi connectivity index (χ2v) is 1.35. The molecule has 0 aliphatic heterocycles. The monoisotopic (exact) mass is 139 g/mol. The van der Waals surface area contributed by atoms with Crippen molar-refractivity contribution in [2.24, 2.45) is 5.73 Å². The molecule has 3 N–H and O–H groups in total.